The van der Waals surface area contributed by atoms with E-state index in [9.17, 15) is 18.0 Å². The average molecular weight is 368 g/mol. The summed E-state index contributed by atoms with van der Waals surface area (Å²) in [7, 11) is 0. The summed E-state index contributed by atoms with van der Waals surface area (Å²) in [6, 6.07) is 7.56. The van der Waals surface area contributed by atoms with Crippen molar-refractivity contribution in [3.8, 4) is 5.69 Å². The number of alkyl halides is 2. The van der Waals surface area contributed by atoms with E-state index in [4.69, 9.17) is 17.3 Å². The molecule has 0 aliphatic carbocycles. The lowest BCUT2D eigenvalue weighted by Crippen LogP contribution is -2.26. The molecule has 0 amide bonds. The van der Waals surface area contributed by atoms with Crippen molar-refractivity contribution in [2.75, 3.05) is 6.54 Å². The van der Waals surface area contributed by atoms with Gasteiger partial charge < -0.3 is 5.73 Å². The number of rotatable bonds is 4. The zero-order chi connectivity index (χ0) is 18.1. The molecule has 2 aromatic carbocycles. The highest BCUT2D eigenvalue weighted by atomic mass is 35.5. The number of halogens is 4. The molecular formula is C17H13ClF3N3O. The van der Waals surface area contributed by atoms with E-state index in [0.29, 0.717) is 5.52 Å². The summed E-state index contributed by atoms with van der Waals surface area (Å²) in [5.41, 5.74) is 4.79. The quantitative estimate of drug-likeness (QED) is 0.766. The molecule has 3 rings (SSSR count). The maximum Gasteiger partial charge on any atom is 0.267 e. The molecular weight excluding hydrogens is 355 g/mol. The Labute approximate surface area is 145 Å². The number of nitrogens with two attached hydrogens (primary N) is 1. The topological polar surface area (TPSA) is 60.9 Å². The van der Waals surface area contributed by atoms with Crippen molar-refractivity contribution in [1.29, 1.82) is 0 Å². The molecule has 25 heavy (non-hydrogen) atoms. The van der Waals surface area contributed by atoms with Crippen LogP contribution in [-0.4, -0.2) is 16.1 Å². The fraction of sp³-hybridized carbons (Fsp3) is 0.176. The molecule has 0 aliphatic heterocycles. The number of aromatic nitrogens is 2. The SMILES string of the molecule is NCCc1nc2cccc(Cl)c2c(=O)n1-c1cc(F)cc(C(F)F)c1. The Morgan fingerprint density at radius 2 is 2.00 bits per heavy atom. The molecule has 130 valence electrons. The minimum absolute atomic E-state index is 0.0435. The van der Waals surface area contributed by atoms with Crippen LogP contribution in [-0.2, 0) is 6.42 Å². The van der Waals surface area contributed by atoms with Crippen LogP contribution >= 0.6 is 11.6 Å². The molecule has 0 unspecified atom stereocenters. The van der Waals surface area contributed by atoms with E-state index in [-0.39, 0.29) is 34.9 Å². The Hall–Kier alpha value is -2.38. The van der Waals surface area contributed by atoms with E-state index in [0.717, 1.165) is 22.8 Å². The van der Waals surface area contributed by atoms with Crippen LogP contribution in [0.5, 0.6) is 0 Å². The van der Waals surface area contributed by atoms with Gasteiger partial charge in [0, 0.05) is 12.0 Å². The van der Waals surface area contributed by atoms with E-state index < -0.39 is 23.4 Å². The first-order valence-corrected chi connectivity index (χ1v) is 7.79. The van der Waals surface area contributed by atoms with Crippen molar-refractivity contribution in [2.24, 2.45) is 5.73 Å². The number of hydrogen-bond acceptors (Lipinski definition) is 3. The van der Waals surface area contributed by atoms with Crippen LogP contribution in [0, 0.1) is 5.82 Å². The number of nitrogens with zero attached hydrogens (tertiary/aromatic N) is 2. The summed E-state index contributed by atoms with van der Waals surface area (Å²) >= 11 is 6.09. The molecule has 0 aliphatic rings. The predicted molar refractivity (Wildman–Crippen MR) is 90.0 cm³/mol. The largest absolute Gasteiger partial charge is 0.330 e. The van der Waals surface area contributed by atoms with Gasteiger partial charge in [-0.25, -0.2) is 18.2 Å². The van der Waals surface area contributed by atoms with Crippen LogP contribution in [0.3, 0.4) is 0 Å². The van der Waals surface area contributed by atoms with Crippen LogP contribution in [0.2, 0.25) is 5.02 Å². The highest BCUT2D eigenvalue weighted by Gasteiger charge is 2.17. The van der Waals surface area contributed by atoms with Crippen LogP contribution < -0.4 is 11.3 Å². The summed E-state index contributed by atoms with van der Waals surface area (Å²) in [5.74, 6) is -0.634. The van der Waals surface area contributed by atoms with Gasteiger partial charge in [0.15, 0.2) is 0 Å². The van der Waals surface area contributed by atoms with Crippen molar-refractivity contribution in [3.63, 3.8) is 0 Å². The standard InChI is InChI=1S/C17H13ClF3N3O/c18-12-2-1-3-13-15(12)17(25)24(14(23-13)4-5-22)11-7-9(16(20)21)6-10(19)8-11/h1-3,6-8,16H,4-5,22H2. The normalized spacial score (nSPS) is 11.4. The third kappa shape index (κ3) is 3.25. The lowest BCUT2D eigenvalue weighted by Gasteiger charge is -2.15. The lowest BCUT2D eigenvalue weighted by molar-refractivity contribution is 0.151. The lowest BCUT2D eigenvalue weighted by atomic mass is 10.1. The van der Waals surface area contributed by atoms with Gasteiger partial charge in [-0.2, -0.15) is 0 Å². The first-order valence-electron chi connectivity index (χ1n) is 7.41. The van der Waals surface area contributed by atoms with Gasteiger partial charge >= 0.3 is 0 Å². The molecule has 0 bridgehead atoms. The molecule has 0 atom stereocenters. The smallest absolute Gasteiger partial charge is 0.267 e. The molecule has 1 aromatic heterocycles. The summed E-state index contributed by atoms with van der Waals surface area (Å²) < 4.78 is 40.9. The maximum atomic E-state index is 13.8. The first kappa shape index (κ1) is 17.4. The number of hydrogen-bond donors (Lipinski definition) is 1. The minimum atomic E-state index is -2.87. The Morgan fingerprint density at radius 1 is 1.24 bits per heavy atom. The second kappa shape index (κ2) is 6.85. The van der Waals surface area contributed by atoms with Gasteiger partial charge in [-0.05, 0) is 36.9 Å². The summed E-state index contributed by atoms with van der Waals surface area (Å²) in [5, 5.41) is 0.307. The van der Waals surface area contributed by atoms with E-state index in [1.807, 2.05) is 0 Å². The summed E-state index contributed by atoms with van der Waals surface area (Å²) in [6.45, 7) is 0.176. The number of benzene rings is 2. The second-order valence-electron chi connectivity index (χ2n) is 5.38. The van der Waals surface area contributed by atoms with E-state index in [1.165, 1.54) is 6.07 Å². The minimum Gasteiger partial charge on any atom is -0.330 e. The third-order valence-electron chi connectivity index (χ3n) is 3.70. The third-order valence-corrected chi connectivity index (χ3v) is 4.01. The van der Waals surface area contributed by atoms with Gasteiger partial charge in [0.2, 0.25) is 0 Å². The Bertz CT molecular complexity index is 1000. The molecule has 0 saturated heterocycles. The zero-order valence-electron chi connectivity index (χ0n) is 12.8. The predicted octanol–water partition coefficient (Wildman–Crippen LogP) is 3.62. The molecule has 8 heteroatoms. The molecule has 0 spiro atoms. The molecule has 1 heterocycles. The van der Waals surface area contributed by atoms with Crippen LogP contribution in [0.1, 0.15) is 17.8 Å². The van der Waals surface area contributed by atoms with Gasteiger partial charge in [0.05, 0.1) is 21.6 Å². The van der Waals surface area contributed by atoms with Crippen LogP contribution in [0.15, 0.2) is 41.2 Å². The highest BCUT2D eigenvalue weighted by molar-refractivity contribution is 6.35. The van der Waals surface area contributed by atoms with Crippen molar-refractivity contribution in [2.45, 2.75) is 12.8 Å². The van der Waals surface area contributed by atoms with Gasteiger partial charge in [-0.15, -0.1) is 0 Å². The molecule has 2 N–H and O–H groups in total. The van der Waals surface area contributed by atoms with Gasteiger partial charge in [-0.3, -0.25) is 9.36 Å². The Kier molecular flexibility index (Phi) is 4.78. The summed E-state index contributed by atoms with van der Waals surface area (Å²) in [4.78, 5) is 17.3. The van der Waals surface area contributed by atoms with Crippen LogP contribution in [0.4, 0.5) is 13.2 Å². The van der Waals surface area contributed by atoms with Gasteiger partial charge in [-0.1, -0.05) is 17.7 Å². The monoisotopic (exact) mass is 367 g/mol. The fourth-order valence-electron chi connectivity index (χ4n) is 2.65. The highest BCUT2D eigenvalue weighted by Crippen LogP contribution is 2.25. The summed E-state index contributed by atoms with van der Waals surface area (Å²) in [6.07, 6.45) is -2.67. The maximum absolute atomic E-state index is 13.8. The van der Waals surface area contributed by atoms with E-state index in [2.05, 4.69) is 4.98 Å². The fourth-order valence-corrected chi connectivity index (χ4v) is 2.90. The van der Waals surface area contributed by atoms with Crippen molar-refractivity contribution in [1.82, 2.24) is 9.55 Å². The van der Waals surface area contributed by atoms with E-state index in [1.54, 1.807) is 12.1 Å². The van der Waals surface area contributed by atoms with Crippen molar-refractivity contribution < 1.29 is 13.2 Å². The molecule has 4 nitrogen and oxygen atoms in total. The molecule has 0 saturated carbocycles. The van der Waals surface area contributed by atoms with Gasteiger partial charge in [0.1, 0.15) is 11.6 Å². The Morgan fingerprint density at radius 3 is 2.68 bits per heavy atom. The molecule has 0 radical (unpaired) electrons. The van der Waals surface area contributed by atoms with Crippen molar-refractivity contribution >= 4 is 22.5 Å². The Balaban J connectivity index is 2.38. The first-order chi connectivity index (χ1) is 11.9. The van der Waals surface area contributed by atoms with E-state index >= 15 is 0 Å². The zero-order valence-corrected chi connectivity index (χ0v) is 13.6. The second-order valence-corrected chi connectivity index (χ2v) is 5.79. The van der Waals surface area contributed by atoms with Crippen molar-refractivity contribution in [3.05, 3.63) is 69.0 Å². The molecule has 0 fully saturated rings. The average Bonchev–Trinajstić information content (AvgIpc) is 2.54. The molecule has 3 aromatic rings. The number of fused-ring (bicyclic) bond motifs is 1. The van der Waals surface area contributed by atoms with Gasteiger partial charge in [0.25, 0.3) is 12.0 Å². The van der Waals surface area contributed by atoms with Crippen LogP contribution in [0.25, 0.3) is 16.6 Å².